The number of nitrogens with zero attached hydrogens (tertiary/aromatic N) is 2. The Morgan fingerprint density at radius 1 is 1.09 bits per heavy atom. The van der Waals surface area contributed by atoms with Gasteiger partial charge in [-0.1, -0.05) is 57.5 Å². The molecule has 34 heavy (non-hydrogen) atoms. The summed E-state index contributed by atoms with van der Waals surface area (Å²) in [5.74, 6) is -1.42. The highest BCUT2D eigenvalue weighted by Gasteiger charge is 2.36. The van der Waals surface area contributed by atoms with E-state index in [9.17, 15) is 19.6 Å². The molecule has 0 saturated heterocycles. The van der Waals surface area contributed by atoms with Gasteiger partial charge < -0.3 is 10.6 Å². The van der Waals surface area contributed by atoms with E-state index in [1.54, 1.807) is 25.3 Å². The predicted molar refractivity (Wildman–Crippen MR) is 131 cm³/mol. The van der Waals surface area contributed by atoms with E-state index < -0.39 is 23.4 Å². The normalized spacial score (nSPS) is 13.9. The standard InChI is InChI=1S/C26H36N4O4/c1-19(30(34)18-31)22(15-9-8-13-20-11-6-5-7-12-20)24(32)29-23(26(2,3)4)25(33)28-21-14-10-16-27-17-21/h5-7,10-12,14,16-19,22-23,34H,8-9,13,15H2,1-4H3,(H,28,33)(H,29,32)/t19-,22+,23+/m0/s1. The van der Waals surface area contributed by atoms with E-state index in [-0.39, 0.29) is 11.8 Å². The average Bonchev–Trinajstić information content (AvgIpc) is 2.82. The van der Waals surface area contributed by atoms with Crippen LogP contribution in [-0.2, 0) is 20.8 Å². The second kappa shape index (κ2) is 12.8. The summed E-state index contributed by atoms with van der Waals surface area (Å²) in [6.45, 7) is 7.21. The first-order valence-electron chi connectivity index (χ1n) is 11.6. The van der Waals surface area contributed by atoms with Gasteiger partial charge in [0.15, 0.2) is 0 Å². The number of aromatic nitrogens is 1. The molecule has 1 heterocycles. The third-order valence-electron chi connectivity index (χ3n) is 5.86. The molecule has 0 aliphatic rings. The first-order valence-corrected chi connectivity index (χ1v) is 11.6. The molecule has 1 aromatic heterocycles. The van der Waals surface area contributed by atoms with Crippen LogP contribution in [0.25, 0.3) is 0 Å². The van der Waals surface area contributed by atoms with Crippen LogP contribution in [0.5, 0.6) is 0 Å². The number of aryl methyl sites for hydroxylation is 1. The van der Waals surface area contributed by atoms with Crippen molar-refractivity contribution in [3.8, 4) is 0 Å². The van der Waals surface area contributed by atoms with Crippen LogP contribution in [0, 0.1) is 11.3 Å². The summed E-state index contributed by atoms with van der Waals surface area (Å²) in [5, 5.41) is 16.2. The first-order chi connectivity index (χ1) is 16.1. The number of carbonyl (C=O) groups excluding carboxylic acids is 3. The monoisotopic (exact) mass is 468 g/mol. The summed E-state index contributed by atoms with van der Waals surface area (Å²) in [6, 6.07) is 11.9. The lowest BCUT2D eigenvalue weighted by molar-refractivity contribution is -0.166. The van der Waals surface area contributed by atoms with Crippen molar-refractivity contribution >= 4 is 23.9 Å². The van der Waals surface area contributed by atoms with Gasteiger partial charge in [-0.3, -0.25) is 24.6 Å². The molecule has 3 atom stereocenters. The Labute approximate surface area is 201 Å². The van der Waals surface area contributed by atoms with Gasteiger partial charge in [0.2, 0.25) is 18.2 Å². The van der Waals surface area contributed by atoms with Crippen LogP contribution in [0.15, 0.2) is 54.9 Å². The number of unbranched alkanes of at least 4 members (excludes halogenated alkanes) is 1. The molecule has 8 nitrogen and oxygen atoms in total. The Morgan fingerprint density at radius 3 is 2.38 bits per heavy atom. The van der Waals surface area contributed by atoms with E-state index in [2.05, 4.69) is 27.8 Å². The summed E-state index contributed by atoms with van der Waals surface area (Å²) in [7, 11) is 0. The maximum Gasteiger partial charge on any atom is 0.247 e. The highest BCUT2D eigenvalue weighted by Crippen LogP contribution is 2.24. The SMILES string of the molecule is C[C@@H]([C@@H](CCCCc1ccccc1)C(=O)N[C@H](C(=O)Nc1cccnc1)C(C)(C)C)N(O)C=O. The zero-order chi connectivity index (χ0) is 25.1. The molecule has 184 valence electrons. The molecule has 0 bridgehead atoms. The van der Waals surface area contributed by atoms with Crippen LogP contribution >= 0.6 is 0 Å². The molecular weight excluding hydrogens is 432 g/mol. The Bertz CT molecular complexity index is 915. The first kappa shape index (κ1) is 27.0. The number of anilines is 1. The molecular formula is C26H36N4O4. The number of hydrogen-bond donors (Lipinski definition) is 3. The van der Waals surface area contributed by atoms with E-state index in [0.29, 0.717) is 23.6 Å². The third-order valence-corrected chi connectivity index (χ3v) is 5.86. The van der Waals surface area contributed by atoms with E-state index >= 15 is 0 Å². The molecule has 8 heteroatoms. The van der Waals surface area contributed by atoms with Crippen LogP contribution in [0.3, 0.4) is 0 Å². The summed E-state index contributed by atoms with van der Waals surface area (Å²) in [4.78, 5) is 41.5. The second-order valence-corrected chi connectivity index (χ2v) is 9.60. The van der Waals surface area contributed by atoms with E-state index in [1.165, 1.54) is 11.8 Å². The van der Waals surface area contributed by atoms with Gasteiger partial charge >= 0.3 is 0 Å². The summed E-state index contributed by atoms with van der Waals surface area (Å²) in [6.07, 6.45) is 6.36. The molecule has 3 amide bonds. The maximum absolute atomic E-state index is 13.3. The molecule has 0 unspecified atom stereocenters. The lowest BCUT2D eigenvalue weighted by Crippen LogP contribution is -2.55. The van der Waals surface area contributed by atoms with Gasteiger partial charge in [0, 0.05) is 6.20 Å². The molecule has 3 N–H and O–H groups in total. The number of benzene rings is 1. The third kappa shape index (κ3) is 8.26. The van der Waals surface area contributed by atoms with Crippen molar-refractivity contribution in [2.45, 2.75) is 65.5 Å². The Hall–Kier alpha value is -3.26. The quantitative estimate of drug-likeness (QED) is 0.190. The molecule has 2 rings (SSSR count). The van der Waals surface area contributed by atoms with Crippen LogP contribution in [0.4, 0.5) is 5.69 Å². The second-order valence-electron chi connectivity index (χ2n) is 9.60. The Morgan fingerprint density at radius 2 is 1.79 bits per heavy atom. The van der Waals surface area contributed by atoms with Crippen molar-refractivity contribution in [1.82, 2.24) is 15.4 Å². The largest absolute Gasteiger partial charge is 0.343 e. The number of carbonyl (C=O) groups is 3. The highest BCUT2D eigenvalue weighted by atomic mass is 16.5. The minimum atomic E-state index is -0.831. The van der Waals surface area contributed by atoms with Gasteiger partial charge in [0.1, 0.15) is 6.04 Å². The van der Waals surface area contributed by atoms with Gasteiger partial charge in [-0.25, -0.2) is 5.06 Å². The van der Waals surface area contributed by atoms with Crippen molar-refractivity contribution in [3.63, 3.8) is 0 Å². The van der Waals surface area contributed by atoms with Gasteiger partial charge in [-0.15, -0.1) is 0 Å². The van der Waals surface area contributed by atoms with Crippen molar-refractivity contribution in [2.75, 3.05) is 5.32 Å². The Kier molecular flexibility index (Phi) is 10.2. The van der Waals surface area contributed by atoms with Gasteiger partial charge in [-0.05, 0) is 49.3 Å². The molecule has 2 aromatic rings. The molecule has 0 aliphatic heterocycles. The molecule has 0 fully saturated rings. The predicted octanol–water partition coefficient (Wildman–Crippen LogP) is 3.82. The fourth-order valence-corrected chi connectivity index (χ4v) is 3.79. The highest BCUT2D eigenvalue weighted by molar-refractivity contribution is 5.98. The fourth-order valence-electron chi connectivity index (χ4n) is 3.79. The molecule has 0 saturated carbocycles. The minimum Gasteiger partial charge on any atom is -0.343 e. The van der Waals surface area contributed by atoms with Crippen molar-refractivity contribution < 1.29 is 19.6 Å². The van der Waals surface area contributed by atoms with Crippen molar-refractivity contribution in [2.24, 2.45) is 11.3 Å². The lowest BCUT2D eigenvalue weighted by Gasteiger charge is -2.33. The van der Waals surface area contributed by atoms with Crippen LogP contribution < -0.4 is 10.6 Å². The van der Waals surface area contributed by atoms with E-state index in [4.69, 9.17) is 0 Å². The van der Waals surface area contributed by atoms with Crippen molar-refractivity contribution in [1.29, 1.82) is 0 Å². The van der Waals surface area contributed by atoms with Gasteiger partial charge in [0.05, 0.1) is 23.8 Å². The van der Waals surface area contributed by atoms with Gasteiger partial charge in [-0.2, -0.15) is 0 Å². The molecule has 0 spiro atoms. The fraction of sp³-hybridized carbons (Fsp3) is 0.462. The Balaban J connectivity index is 2.09. The van der Waals surface area contributed by atoms with Crippen molar-refractivity contribution in [3.05, 3.63) is 60.4 Å². The van der Waals surface area contributed by atoms with Crippen LogP contribution in [0.1, 0.15) is 52.5 Å². The zero-order valence-corrected chi connectivity index (χ0v) is 20.4. The molecule has 1 aromatic carbocycles. The number of hydroxylamine groups is 2. The minimum absolute atomic E-state index is 0.297. The number of amides is 3. The molecule has 0 radical (unpaired) electrons. The number of rotatable bonds is 12. The number of hydrogen-bond acceptors (Lipinski definition) is 5. The average molecular weight is 469 g/mol. The van der Waals surface area contributed by atoms with E-state index in [1.807, 2.05) is 39.0 Å². The summed E-state index contributed by atoms with van der Waals surface area (Å²) in [5.41, 5.74) is 1.17. The number of nitrogens with one attached hydrogen (secondary N) is 2. The molecule has 0 aliphatic carbocycles. The summed E-state index contributed by atoms with van der Waals surface area (Å²) < 4.78 is 0. The number of pyridine rings is 1. The van der Waals surface area contributed by atoms with Gasteiger partial charge in [0.25, 0.3) is 0 Å². The van der Waals surface area contributed by atoms with Crippen LogP contribution in [0.2, 0.25) is 0 Å². The smallest absolute Gasteiger partial charge is 0.247 e. The van der Waals surface area contributed by atoms with E-state index in [0.717, 1.165) is 19.3 Å². The van der Waals surface area contributed by atoms with Crippen LogP contribution in [-0.4, -0.2) is 45.6 Å². The lowest BCUT2D eigenvalue weighted by atomic mass is 9.84. The topological polar surface area (TPSA) is 112 Å². The zero-order valence-electron chi connectivity index (χ0n) is 20.4. The maximum atomic E-state index is 13.3. The summed E-state index contributed by atoms with van der Waals surface area (Å²) >= 11 is 0.